The molecule has 0 amide bonds. The Morgan fingerprint density at radius 3 is 2.56 bits per heavy atom. The van der Waals surface area contributed by atoms with E-state index in [1.807, 2.05) is 31.2 Å². The van der Waals surface area contributed by atoms with Crippen LogP contribution in [0.3, 0.4) is 0 Å². The molecule has 0 bridgehead atoms. The van der Waals surface area contributed by atoms with E-state index in [1.54, 1.807) is 0 Å². The maximum absolute atomic E-state index is 5.68. The van der Waals surface area contributed by atoms with Crippen molar-refractivity contribution >= 4 is 29.9 Å². The number of halogens is 1. The van der Waals surface area contributed by atoms with Gasteiger partial charge in [-0.15, -0.1) is 24.0 Å². The molecule has 27 heavy (non-hydrogen) atoms. The molecule has 2 rings (SSSR count). The summed E-state index contributed by atoms with van der Waals surface area (Å²) < 4.78 is 11.1. The van der Waals surface area contributed by atoms with Gasteiger partial charge in [-0.1, -0.05) is 37.2 Å². The zero-order valence-corrected chi connectivity index (χ0v) is 19.0. The van der Waals surface area contributed by atoms with Gasteiger partial charge in [0.05, 0.1) is 18.8 Å². The third-order valence-corrected chi connectivity index (χ3v) is 4.06. The van der Waals surface area contributed by atoms with Crippen LogP contribution >= 0.6 is 24.0 Å². The van der Waals surface area contributed by atoms with Gasteiger partial charge in [0.1, 0.15) is 11.5 Å². The highest BCUT2D eigenvalue weighted by Crippen LogP contribution is 2.19. The van der Waals surface area contributed by atoms with Crippen LogP contribution in [0, 0.1) is 0 Å². The molecular weight excluding hydrogens is 455 g/mol. The summed E-state index contributed by atoms with van der Waals surface area (Å²) in [6, 6.07) is 8.01. The lowest BCUT2D eigenvalue weighted by molar-refractivity contribution is 0.336. The van der Waals surface area contributed by atoms with Crippen LogP contribution in [-0.2, 0) is 25.9 Å². The summed E-state index contributed by atoms with van der Waals surface area (Å²) in [6.45, 7) is 10.8. The van der Waals surface area contributed by atoms with Crippen LogP contribution in [0.25, 0.3) is 0 Å². The fourth-order valence-electron chi connectivity index (χ4n) is 2.75. The number of hydrogen-bond donors (Lipinski definition) is 2. The predicted octanol–water partition coefficient (Wildman–Crippen LogP) is 4.07. The second-order valence-corrected chi connectivity index (χ2v) is 5.83. The van der Waals surface area contributed by atoms with Gasteiger partial charge in [-0.3, -0.25) is 0 Å². The first-order valence-electron chi connectivity index (χ1n) is 9.42. The third kappa shape index (κ3) is 6.71. The fraction of sp³-hybridized carbons (Fsp3) is 0.500. The molecule has 0 aliphatic rings. The quantitative estimate of drug-likeness (QED) is 0.318. The first-order valence-corrected chi connectivity index (χ1v) is 9.42. The van der Waals surface area contributed by atoms with E-state index < -0.39 is 0 Å². The maximum Gasteiger partial charge on any atom is 0.191 e. The van der Waals surface area contributed by atoms with E-state index in [0.29, 0.717) is 19.7 Å². The molecule has 0 fully saturated rings. The van der Waals surface area contributed by atoms with E-state index in [0.717, 1.165) is 53.7 Å². The Morgan fingerprint density at radius 1 is 1.11 bits per heavy atom. The predicted molar refractivity (Wildman–Crippen MR) is 120 cm³/mol. The first kappa shape index (κ1) is 23.3. The largest absolute Gasteiger partial charge is 0.494 e. The van der Waals surface area contributed by atoms with Crippen molar-refractivity contribution in [2.24, 2.45) is 4.99 Å². The Kier molecular flexibility index (Phi) is 10.8. The van der Waals surface area contributed by atoms with Crippen LogP contribution < -0.4 is 15.4 Å². The van der Waals surface area contributed by atoms with Crippen molar-refractivity contribution in [1.29, 1.82) is 0 Å². The van der Waals surface area contributed by atoms with Gasteiger partial charge in [-0.25, -0.2) is 4.99 Å². The first-order chi connectivity index (χ1) is 12.7. The number of guanidine groups is 1. The van der Waals surface area contributed by atoms with Gasteiger partial charge in [0.2, 0.25) is 0 Å². The van der Waals surface area contributed by atoms with E-state index in [1.165, 1.54) is 0 Å². The smallest absolute Gasteiger partial charge is 0.191 e. The molecule has 0 aliphatic carbocycles. The Bertz CT molecular complexity index is 694. The number of para-hydroxylation sites is 1. The van der Waals surface area contributed by atoms with Crippen molar-refractivity contribution in [3.05, 3.63) is 46.8 Å². The number of rotatable bonds is 9. The minimum absolute atomic E-state index is 0. The second kappa shape index (κ2) is 12.6. The highest BCUT2D eigenvalue weighted by atomic mass is 127. The van der Waals surface area contributed by atoms with Crippen molar-refractivity contribution < 1.29 is 9.26 Å². The Balaban J connectivity index is 0.00000364. The average molecular weight is 486 g/mol. The van der Waals surface area contributed by atoms with Gasteiger partial charge >= 0.3 is 0 Å². The number of aryl methyl sites for hydroxylation is 2. The molecule has 0 spiro atoms. The van der Waals surface area contributed by atoms with Crippen LogP contribution in [0.5, 0.6) is 5.75 Å². The minimum atomic E-state index is 0. The van der Waals surface area contributed by atoms with Crippen molar-refractivity contribution in [3.63, 3.8) is 0 Å². The highest BCUT2D eigenvalue weighted by Gasteiger charge is 2.13. The summed E-state index contributed by atoms with van der Waals surface area (Å²) in [7, 11) is 0. The Labute approximate surface area is 179 Å². The maximum atomic E-state index is 5.68. The molecule has 7 heteroatoms. The molecule has 150 valence electrons. The lowest BCUT2D eigenvalue weighted by Crippen LogP contribution is -2.37. The van der Waals surface area contributed by atoms with Crippen LogP contribution in [0.4, 0.5) is 0 Å². The molecule has 0 aliphatic heterocycles. The van der Waals surface area contributed by atoms with Gasteiger partial charge in [0.15, 0.2) is 5.96 Å². The third-order valence-electron chi connectivity index (χ3n) is 4.06. The van der Waals surface area contributed by atoms with Gasteiger partial charge in [-0.05, 0) is 26.3 Å². The molecule has 1 aromatic carbocycles. The summed E-state index contributed by atoms with van der Waals surface area (Å²) in [6.07, 6.45) is 1.69. The van der Waals surface area contributed by atoms with Crippen LogP contribution in [0.15, 0.2) is 33.8 Å². The highest BCUT2D eigenvalue weighted by molar-refractivity contribution is 14.0. The number of hydrogen-bond acceptors (Lipinski definition) is 4. The van der Waals surface area contributed by atoms with Crippen LogP contribution in [-0.4, -0.2) is 24.3 Å². The number of benzene rings is 1. The minimum Gasteiger partial charge on any atom is -0.494 e. The summed E-state index contributed by atoms with van der Waals surface area (Å²) in [5.41, 5.74) is 3.21. The molecule has 2 aromatic rings. The summed E-state index contributed by atoms with van der Waals surface area (Å²) in [5, 5.41) is 10.8. The molecule has 0 unspecified atom stereocenters. The second-order valence-electron chi connectivity index (χ2n) is 5.83. The van der Waals surface area contributed by atoms with Gasteiger partial charge in [0, 0.05) is 30.6 Å². The number of aliphatic imine (C=N–C) groups is 1. The number of nitrogens with zero attached hydrogens (tertiary/aromatic N) is 2. The fourth-order valence-corrected chi connectivity index (χ4v) is 2.75. The zero-order chi connectivity index (χ0) is 18.8. The van der Waals surface area contributed by atoms with E-state index in [-0.39, 0.29) is 24.0 Å². The lowest BCUT2D eigenvalue weighted by Gasteiger charge is -2.13. The topological polar surface area (TPSA) is 71.7 Å². The molecule has 0 radical (unpaired) electrons. The summed E-state index contributed by atoms with van der Waals surface area (Å²) >= 11 is 0. The molecule has 1 aromatic heterocycles. The van der Waals surface area contributed by atoms with E-state index in [9.17, 15) is 0 Å². The molecule has 0 saturated carbocycles. The summed E-state index contributed by atoms with van der Waals surface area (Å²) in [4.78, 5) is 4.70. The van der Waals surface area contributed by atoms with Gasteiger partial charge < -0.3 is 19.9 Å². The number of ether oxygens (including phenoxy) is 1. The van der Waals surface area contributed by atoms with Crippen LogP contribution in [0.1, 0.15) is 50.3 Å². The number of aromatic nitrogens is 1. The van der Waals surface area contributed by atoms with Crippen molar-refractivity contribution in [2.75, 3.05) is 13.2 Å². The normalized spacial score (nSPS) is 11.0. The standard InChI is InChI=1S/C20H30N4O2.HI/c1-5-17-16(18(6-2)26-24-17)14-23-20(21-7-3)22-13-15-11-9-10-12-19(15)25-8-4;/h9-12H,5-8,13-14H2,1-4H3,(H2,21,22,23);1H. The van der Waals surface area contributed by atoms with Crippen molar-refractivity contribution in [2.45, 2.75) is 53.6 Å². The average Bonchev–Trinajstić information content (AvgIpc) is 3.07. The van der Waals surface area contributed by atoms with Crippen molar-refractivity contribution in [3.8, 4) is 5.75 Å². The zero-order valence-electron chi connectivity index (χ0n) is 16.7. The van der Waals surface area contributed by atoms with E-state index in [4.69, 9.17) is 14.3 Å². The lowest BCUT2D eigenvalue weighted by atomic mass is 10.1. The molecule has 0 saturated heterocycles. The van der Waals surface area contributed by atoms with E-state index >= 15 is 0 Å². The molecule has 2 N–H and O–H groups in total. The van der Waals surface area contributed by atoms with Gasteiger partial charge in [-0.2, -0.15) is 0 Å². The monoisotopic (exact) mass is 486 g/mol. The van der Waals surface area contributed by atoms with Gasteiger partial charge in [0.25, 0.3) is 0 Å². The SMILES string of the molecule is CCNC(=NCc1ccccc1OCC)NCc1c(CC)noc1CC.I. The molecule has 6 nitrogen and oxygen atoms in total. The van der Waals surface area contributed by atoms with Crippen LogP contribution in [0.2, 0.25) is 0 Å². The van der Waals surface area contributed by atoms with E-state index in [2.05, 4.69) is 36.6 Å². The Hall–Kier alpha value is -1.77. The van der Waals surface area contributed by atoms with Crippen molar-refractivity contribution in [1.82, 2.24) is 15.8 Å². The molecule has 0 atom stereocenters. The summed E-state index contributed by atoms with van der Waals surface area (Å²) in [5.74, 6) is 2.59. The molecule has 1 heterocycles. The molecular formula is C20H31IN4O2. The Morgan fingerprint density at radius 2 is 1.89 bits per heavy atom. The number of nitrogens with one attached hydrogen (secondary N) is 2.